The summed E-state index contributed by atoms with van der Waals surface area (Å²) in [5.41, 5.74) is 0.668. The van der Waals surface area contributed by atoms with Crippen molar-refractivity contribution in [2.45, 2.75) is 44.3 Å². The molecule has 0 saturated carbocycles. The molecule has 0 aromatic heterocycles. The van der Waals surface area contributed by atoms with E-state index in [2.05, 4.69) is 10.2 Å². The molecule has 2 aliphatic rings. The van der Waals surface area contributed by atoms with E-state index in [9.17, 15) is 4.39 Å². The number of hydrogen-bond donors (Lipinski definition) is 1. The zero-order valence-corrected chi connectivity index (χ0v) is 11.8. The number of benzene rings is 1. The van der Waals surface area contributed by atoms with E-state index in [1.807, 2.05) is 0 Å². The number of halogens is 2. The van der Waals surface area contributed by atoms with Crippen LogP contribution in [0.1, 0.15) is 31.2 Å². The lowest BCUT2D eigenvalue weighted by Gasteiger charge is -2.35. The average Bonchev–Trinajstić information content (AvgIpc) is 2.87. The molecule has 4 heteroatoms. The third kappa shape index (κ3) is 3.10. The fourth-order valence-corrected chi connectivity index (χ4v) is 3.54. The van der Waals surface area contributed by atoms with Crippen molar-refractivity contribution in [3.8, 4) is 0 Å². The summed E-state index contributed by atoms with van der Waals surface area (Å²) in [6, 6.07) is 6.01. The molecule has 2 heterocycles. The van der Waals surface area contributed by atoms with Crippen molar-refractivity contribution < 1.29 is 4.39 Å². The molecule has 2 nitrogen and oxygen atoms in total. The predicted octanol–water partition coefficient (Wildman–Crippen LogP) is 3.20. The largest absolute Gasteiger partial charge is 0.310 e. The van der Waals surface area contributed by atoms with Crippen molar-refractivity contribution in [1.82, 2.24) is 10.2 Å². The van der Waals surface area contributed by atoms with Gasteiger partial charge in [-0.05, 0) is 57.0 Å². The minimum absolute atomic E-state index is 0.171. The number of fused-ring (bicyclic) bond motifs is 1. The lowest BCUT2D eigenvalue weighted by atomic mass is 9.97. The average molecular weight is 283 g/mol. The van der Waals surface area contributed by atoms with Crippen LogP contribution in [0.15, 0.2) is 18.2 Å². The van der Waals surface area contributed by atoms with Gasteiger partial charge >= 0.3 is 0 Å². The Kier molecular flexibility index (Phi) is 4.06. The van der Waals surface area contributed by atoms with Gasteiger partial charge in [0.1, 0.15) is 5.82 Å². The molecule has 0 spiro atoms. The fraction of sp³-hybridized carbons (Fsp3) is 0.600. The number of hydrogen-bond acceptors (Lipinski definition) is 2. The van der Waals surface area contributed by atoms with Crippen LogP contribution in [-0.4, -0.2) is 30.1 Å². The molecule has 104 valence electrons. The number of nitrogens with zero attached hydrogens (tertiary/aromatic N) is 1. The molecule has 2 aliphatic heterocycles. The van der Waals surface area contributed by atoms with Crippen LogP contribution >= 0.6 is 11.6 Å². The van der Waals surface area contributed by atoms with Crippen LogP contribution in [-0.2, 0) is 6.54 Å². The molecule has 2 saturated heterocycles. The van der Waals surface area contributed by atoms with E-state index in [1.54, 1.807) is 12.1 Å². The second-order valence-corrected chi connectivity index (χ2v) is 6.11. The molecule has 0 radical (unpaired) electrons. The molecule has 1 aromatic carbocycles. The molecule has 0 amide bonds. The quantitative estimate of drug-likeness (QED) is 0.916. The predicted molar refractivity (Wildman–Crippen MR) is 75.9 cm³/mol. The first-order valence-corrected chi connectivity index (χ1v) is 7.51. The Morgan fingerprint density at radius 1 is 1.32 bits per heavy atom. The maximum Gasteiger partial charge on any atom is 0.127 e. The molecular weight excluding hydrogens is 263 g/mol. The van der Waals surface area contributed by atoms with Gasteiger partial charge in [0.25, 0.3) is 0 Å². The van der Waals surface area contributed by atoms with E-state index < -0.39 is 0 Å². The van der Waals surface area contributed by atoms with Crippen molar-refractivity contribution in [1.29, 1.82) is 0 Å². The maximum atomic E-state index is 13.6. The Bertz CT molecular complexity index is 452. The molecule has 2 unspecified atom stereocenters. The number of piperidine rings is 1. The molecular formula is C15H20ClFN2. The summed E-state index contributed by atoms with van der Waals surface area (Å²) in [7, 11) is 0. The molecule has 1 aromatic rings. The smallest absolute Gasteiger partial charge is 0.127 e. The molecule has 0 aliphatic carbocycles. The van der Waals surface area contributed by atoms with E-state index in [1.165, 1.54) is 44.8 Å². The summed E-state index contributed by atoms with van der Waals surface area (Å²) in [4.78, 5) is 2.60. The van der Waals surface area contributed by atoms with Crippen molar-refractivity contribution in [3.05, 3.63) is 34.6 Å². The van der Waals surface area contributed by atoms with Crippen LogP contribution in [0.4, 0.5) is 4.39 Å². The number of nitrogens with one attached hydrogen (secondary N) is 1. The first-order valence-electron chi connectivity index (χ1n) is 7.14. The van der Waals surface area contributed by atoms with Gasteiger partial charge in [-0.3, -0.25) is 0 Å². The van der Waals surface area contributed by atoms with E-state index in [0.29, 0.717) is 23.2 Å². The van der Waals surface area contributed by atoms with Crippen molar-refractivity contribution >= 4 is 11.6 Å². The summed E-state index contributed by atoms with van der Waals surface area (Å²) in [5.74, 6) is -0.171. The summed E-state index contributed by atoms with van der Waals surface area (Å²) in [6.45, 7) is 3.02. The van der Waals surface area contributed by atoms with Crippen molar-refractivity contribution in [2.24, 2.45) is 0 Å². The van der Waals surface area contributed by atoms with Crippen LogP contribution in [0.2, 0.25) is 5.02 Å². The SMILES string of the molecule is Fc1ccc(Cl)cc1CNC1CCN2CCCC2C1. The third-order valence-corrected chi connectivity index (χ3v) is 4.64. The van der Waals surface area contributed by atoms with Gasteiger partial charge in [0.05, 0.1) is 0 Å². The Morgan fingerprint density at radius 2 is 2.21 bits per heavy atom. The second kappa shape index (κ2) is 5.78. The molecule has 19 heavy (non-hydrogen) atoms. The second-order valence-electron chi connectivity index (χ2n) is 5.67. The van der Waals surface area contributed by atoms with Crippen LogP contribution in [0.5, 0.6) is 0 Å². The first-order chi connectivity index (χ1) is 9.22. The van der Waals surface area contributed by atoms with Gasteiger partial charge in [0.2, 0.25) is 0 Å². The number of rotatable bonds is 3. The molecule has 1 N–H and O–H groups in total. The van der Waals surface area contributed by atoms with Gasteiger partial charge in [0.15, 0.2) is 0 Å². The minimum atomic E-state index is -0.171. The van der Waals surface area contributed by atoms with Crippen molar-refractivity contribution in [2.75, 3.05) is 13.1 Å². The van der Waals surface area contributed by atoms with Gasteiger partial charge in [-0.25, -0.2) is 4.39 Å². The van der Waals surface area contributed by atoms with Gasteiger partial charge in [-0.1, -0.05) is 11.6 Å². The zero-order chi connectivity index (χ0) is 13.2. The highest BCUT2D eigenvalue weighted by Crippen LogP contribution is 2.27. The molecule has 2 atom stereocenters. The van der Waals surface area contributed by atoms with Gasteiger partial charge in [-0.2, -0.15) is 0 Å². The normalized spacial score (nSPS) is 27.5. The highest BCUT2D eigenvalue weighted by Gasteiger charge is 2.31. The monoisotopic (exact) mass is 282 g/mol. The Morgan fingerprint density at radius 3 is 3.11 bits per heavy atom. The van der Waals surface area contributed by atoms with Crippen LogP contribution in [0.25, 0.3) is 0 Å². The standard InChI is InChI=1S/C15H20ClFN2/c16-12-3-4-15(17)11(8-12)10-18-13-5-7-19-6-1-2-14(19)9-13/h3-4,8,13-14,18H,1-2,5-7,9-10H2. The highest BCUT2D eigenvalue weighted by atomic mass is 35.5. The van der Waals surface area contributed by atoms with Gasteiger partial charge < -0.3 is 10.2 Å². The van der Waals surface area contributed by atoms with E-state index in [-0.39, 0.29) is 5.82 Å². The van der Waals surface area contributed by atoms with Crippen LogP contribution in [0, 0.1) is 5.82 Å². The topological polar surface area (TPSA) is 15.3 Å². The van der Waals surface area contributed by atoms with E-state index in [4.69, 9.17) is 11.6 Å². The van der Waals surface area contributed by atoms with Gasteiger partial charge in [-0.15, -0.1) is 0 Å². The van der Waals surface area contributed by atoms with E-state index in [0.717, 1.165) is 6.04 Å². The molecule has 2 fully saturated rings. The lowest BCUT2D eigenvalue weighted by Crippen LogP contribution is -2.45. The Balaban J connectivity index is 1.56. The summed E-state index contributed by atoms with van der Waals surface area (Å²) in [5, 5.41) is 4.09. The zero-order valence-electron chi connectivity index (χ0n) is 11.0. The van der Waals surface area contributed by atoms with Crippen LogP contribution in [0.3, 0.4) is 0 Å². The first kappa shape index (κ1) is 13.3. The summed E-state index contributed by atoms with van der Waals surface area (Å²) >= 11 is 5.91. The maximum absolute atomic E-state index is 13.6. The minimum Gasteiger partial charge on any atom is -0.310 e. The van der Waals surface area contributed by atoms with Gasteiger partial charge in [0, 0.05) is 29.2 Å². The molecule has 0 bridgehead atoms. The van der Waals surface area contributed by atoms with E-state index >= 15 is 0 Å². The lowest BCUT2D eigenvalue weighted by molar-refractivity contribution is 0.166. The highest BCUT2D eigenvalue weighted by molar-refractivity contribution is 6.30. The Labute approximate surface area is 118 Å². The fourth-order valence-electron chi connectivity index (χ4n) is 3.34. The van der Waals surface area contributed by atoms with Crippen LogP contribution < -0.4 is 5.32 Å². The summed E-state index contributed by atoms with van der Waals surface area (Å²) in [6.07, 6.45) is 5.02. The summed E-state index contributed by atoms with van der Waals surface area (Å²) < 4.78 is 13.6. The third-order valence-electron chi connectivity index (χ3n) is 4.41. The molecule has 3 rings (SSSR count). The Hall–Kier alpha value is -0.640. The van der Waals surface area contributed by atoms with Crippen molar-refractivity contribution in [3.63, 3.8) is 0 Å².